The lowest BCUT2D eigenvalue weighted by Gasteiger charge is -2.24. The molecule has 0 atom stereocenters. The molecule has 1 aromatic rings. The lowest BCUT2D eigenvalue weighted by molar-refractivity contribution is -0.137. The van der Waals surface area contributed by atoms with Crippen molar-refractivity contribution in [2.75, 3.05) is 48.4 Å². The van der Waals surface area contributed by atoms with Crippen molar-refractivity contribution in [3.05, 3.63) is 0 Å². The number of unbranched alkanes of at least 4 members (excludes halogenated alkanes) is 2. The molecule has 1 aromatic heterocycles. The van der Waals surface area contributed by atoms with Crippen LogP contribution in [0.4, 0.5) is 17.8 Å². The van der Waals surface area contributed by atoms with Crippen LogP contribution in [0.2, 0.25) is 0 Å². The lowest BCUT2D eigenvalue weighted by Crippen LogP contribution is -2.37. The molecule has 1 rings (SSSR count). The average molecular weight is 427 g/mol. The summed E-state index contributed by atoms with van der Waals surface area (Å²) in [5.74, 6) is -3.93. The minimum absolute atomic E-state index is 0.0564. The van der Waals surface area contributed by atoms with Crippen LogP contribution in [0.15, 0.2) is 0 Å². The normalized spacial score (nSPS) is 10.6. The highest BCUT2D eigenvalue weighted by Crippen LogP contribution is 2.15. The van der Waals surface area contributed by atoms with E-state index in [0.717, 1.165) is 30.6 Å². The molecule has 5 N–H and O–H groups in total. The summed E-state index contributed by atoms with van der Waals surface area (Å²) in [5.41, 5.74) is 3.04. The Balaban J connectivity index is 3.22. The van der Waals surface area contributed by atoms with E-state index in [4.69, 9.17) is 15.3 Å². The zero-order valence-electron chi connectivity index (χ0n) is 17.2. The van der Waals surface area contributed by atoms with Crippen molar-refractivity contribution in [2.45, 2.75) is 39.5 Å². The van der Waals surface area contributed by atoms with Gasteiger partial charge in [-0.1, -0.05) is 26.7 Å². The van der Waals surface area contributed by atoms with Gasteiger partial charge < -0.3 is 25.5 Å². The Hall–Kier alpha value is -3.22. The highest BCUT2D eigenvalue weighted by atomic mass is 16.4. The SMILES string of the molecule is CCCCN(CCCC)Nc1nc(NCC(=O)O)nc(N(CC(=O)O)CC(=O)O)n1. The Morgan fingerprint density at radius 1 is 0.833 bits per heavy atom. The van der Waals surface area contributed by atoms with E-state index in [2.05, 4.69) is 39.5 Å². The quantitative estimate of drug-likeness (QED) is 0.231. The zero-order chi connectivity index (χ0) is 22.5. The largest absolute Gasteiger partial charge is 0.480 e. The third-order valence-corrected chi connectivity index (χ3v) is 3.78. The first-order chi connectivity index (χ1) is 14.2. The van der Waals surface area contributed by atoms with Crippen molar-refractivity contribution in [2.24, 2.45) is 0 Å². The fourth-order valence-corrected chi connectivity index (χ4v) is 2.38. The smallest absolute Gasteiger partial charge is 0.323 e. The molecule has 0 fully saturated rings. The van der Waals surface area contributed by atoms with Crippen molar-refractivity contribution in [3.8, 4) is 0 Å². The molecule has 0 aliphatic rings. The molecule has 0 saturated heterocycles. The molecule has 0 saturated carbocycles. The number of aromatic nitrogens is 3. The zero-order valence-corrected chi connectivity index (χ0v) is 17.2. The fourth-order valence-electron chi connectivity index (χ4n) is 2.38. The summed E-state index contributed by atoms with van der Waals surface area (Å²) < 4.78 is 0. The van der Waals surface area contributed by atoms with Crippen LogP contribution >= 0.6 is 0 Å². The van der Waals surface area contributed by atoms with E-state index in [1.54, 1.807) is 0 Å². The second kappa shape index (κ2) is 13.1. The van der Waals surface area contributed by atoms with E-state index < -0.39 is 37.5 Å². The van der Waals surface area contributed by atoms with Crippen molar-refractivity contribution < 1.29 is 29.7 Å². The molecule has 0 aliphatic carbocycles. The van der Waals surface area contributed by atoms with E-state index in [1.165, 1.54) is 0 Å². The molecule has 1 heterocycles. The Bertz CT molecular complexity index is 694. The Morgan fingerprint density at radius 3 is 1.83 bits per heavy atom. The molecule has 0 bridgehead atoms. The number of rotatable bonds is 16. The van der Waals surface area contributed by atoms with E-state index in [9.17, 15) is 14.4 Å². The van der Waals surface area contributed by atoms with Crippen LogP contribution < -0.4 is 15.6 Å². The molecular formula is C17H29N7O6. The summed E-state index contributed by atoms with van der Waals surface area (Å²) in [4.78, 5) is 46.4. The van der Waals surface area contributed by atoms with Crippen LogP contribution in [0.25, 0.3) is 0 Å². The first-order valence-corrected chi connectivity index (χ1v) is 9.67. The van der Waals surface area contributed by atoms with Crippen LogP contribution in [-0.2, 0) is 14.4 Å². The van der Waals surface area contributed by atoms with Crippen LogP contribution in [0.1, 0.15) is 39.5 Å². The van der Waals surface area contributed by atoms with E-state index in [1.807, 2.05) is 5.01 Å². The van der Waals surface area contributed by atoms with Gasteiger partial charge in [0.05, 0.1) is 0 Å². The predicted molar refractivity (Wildman–Crippen MR) is 108 cm³/mol. The lowest BCUT2D eigenvalue weighted by atomic mass is 10.3. The molecule has 13 nitrogen and oxygen atoms in total. The highest BCUT2D eigenvalue weighted by molar-refractivity contribution is 5.78. The standard InChI is InChI=1S/C17H29N7O6/c1-3-5-7-24(8-6-4-2)22-16-19-15(18-9-12(25)26)20-17(21-16)23(10-13(27)28)11-14(29)30/h3-11H2,1-2H3,(H,25,26)(H,27,28)(H,29,30)(H2,18,19,20,21,22). The minimum atomic E-state index is -1.27. The van der Waals surface area contributed by atoms with Gasteiger partial charge >= 0.3 is 17.9 Å². The van der Waals surface area contributed by atoms with Crippen LogP contribution in [0.5, 0.6) is 0 Å². The van der Waals surface area contributed by atoms with Gasteiger partial charge in [-0.15, -0.1) is 0 Å². The first-order valence-electron chi connectivity index (χ1n) is 9.67. The predicted octanol–water partition coefficient (Wildman–Crippen LogP) is 0.573. The summed E-state index contributed by atoms with van der Waals surface area (Å²) in [5, 5.41) is 31.5. The van der Waals surface area contributed by atoms with Gasteiger partial charge in [-0.3, -0.25) is 19.8 Å². The van der Waals surface area contributed by atoms with Crippen molar-refractivity contribution >= 4 is 35.8 Å². The minimum Gasteiger partial charge on any atom is -0.480 e. The summed E-state index contributed by atoms with van der Waals surface area (Å²) >= 11 is 0. The maximum absolute atomic E-state index is 11.1. The number of carboxylic acid groups (broad SMARTS) is 3. The number of aliphatic carboxylic acids is 3. The molecule has 0 unspecified atom stereocenters. The van der Waals surface area contributed by atoms with Gasteiger partial charge in [0.25, 0.3) is 0 Å². The van der Waals surface area contributed by atoms with Crippen molar-refractivity contribution in [1.82, 2.24) is 20.0 Å². The summed E-state index contributed by atoms with van der Waals surface area (Å²) in [6.45, 7) is 3.77. The topological polar surface area (TPSA) is 181 Å². The molecule has 0 spiro atoms. The number of carboxylic acids is 3. The van der Waals surface area contributed by atoms with E-state index in [-0.39, 0.29) is 17.8 Å². The maximum Gasteiger partial charge on any atom is 0.323 e. The van der Waals surface area contributed by atoms with Gasteiger partial charge in [0.1, 0.15) is 19.6 Å². The van der Waals surface area contributed by atoms with Crippen LogP contribution in [0.3, 0.4) is 0 Å². The first kappa shape index (κ1) is 24.8. The number of nitrogens with zero attached hydrogens (tertiary/aromatic N) is 5. The van der Waals surface area contributed by atoms with E-state index in [0.29, 0.717) is 13.1 Å². The fraction of sp³-hybridized carbons (Fsp3) is 0.647. The van der Waals surface area contributed by atoms with Gasteiger partial charge in [-0.05, 0) is 12.8 Å². The number of anilines is 3. The molecule has 13 heteroatoms. The molecule has 0 amide bonds. The average Bonchev–Trinajstić information content (AvgIpc) is 2.67. The monoisotopic (exact) mass is 427 g/mol. The van der Waals surface area contributed by atoms with Gasteiger partial charge in [-0.25, -0.2) is 5.01 Å². The highest BCUT2D eigenvalue weighted by Gasteiger charge is 2.20. The Morgan fingerprint density at radius 2 is 1.37 bits per heavy atom. The summed E-state index contributed by atoms with van der Waals surface area (Å²) in [7, 11) is 0. The summed E-state index contributed by atoms with van der Waals surface area (Å²) in [6.07, 6.45) is 3.79. The van der Waals surface area contributed by atoms with Crippen molar-refractivity contribution in [1.29, 1.82) is 0 Å². The molecule has 0 radical (unpaired) electrons. The molecule has 168 valence electrons. The second-order valence-electron chi connectivity index (χ2n) is 6.48. The number of nitrogens with one attached hydrogen (secondary N) is 2. The van der Waals surface area contributed by atoms with Gasteiger partial charge in [-0.2, -0.15) is 15.0 Å². The van der Waals surface area contributed by atoms with Gasteiger partial charge in [0, 0.05) is 13.1 Å². The second-order valence-corrected chi connectivity index (χ2v) is 6.48. The molecule has 30 heavy (non-hydrogen) atoms. The van der Waals surface area contributed by atoms with Gasteiger partial charge in [0.15, 0.2) is 0 Å². The number of hydrazine groups is 1. The molecule has 0 aliphatic heterocycles. The van der Waals surface area contributed by atoms with Gasteiger partial charge in [0.2, 0.25) is 17.8 Å². The molecular weight excluding hydrogens is 398 g/mol. The van der Waals surface area contributed by atoms with Crippen LogP contribution in [-0.4, -0.2) is 85.9 Å². The van der Waals surface area contributed by atoms with Crippen molar-refractivity contribution in [3.63, 3.8) is 0 Å². The maximum atomic E-state index is 11.1. The summed E-state index contributed by atoms with van der Waals surface area (Å²) in [6, 6.07) is 0. The number of carbonyl (C=O) groups is 3. The third kappa shape index (κ3) is 9.82. The Kier molecular flexibility index (Phi) is 10.8. The Labute approximate surface area is 174 Å². The van der Waals surface area contributed by atoms with E-state index >= 15 is 0 Å². The van der Waals surface area contributed by atoms with Crippen LogP contribution in [0, 0.1) is 0 Å². The number of hydrogen-bond donors (Lipinski definition) is 5. The molecule has 0 aromatic carbocycles. The number of hydrogen-bond acceptors (Lipinski definition) is 10. The third-order valence-electron chi connectivity index (χ3n) is 3.78.